The van der Waals surface area contributed by atoms with Crippen LogP contribution in [0.15, 0.2) is 18.2 Å². The molecule has 2 rings (SSSR count). The van der Waals surface area contributed by atoms with Gasteiger partial charge in [-0.05, 0) is 38.8 Å². The summed E-state index contributed by atoms with van der Waals surface area (Å²) in [4.78, 5) is 2.33. The third kappa shape index (κ3) is 3.62. The Morgan fingerprint density at radius 3 is 2.58 bits per heavy atom. The number of nitrogens with two attached hydrogens (primary N) is 1. The lowest BCUT2D eigenvalue weighted by Gasteiger charge is -2.38. The van der Waals surface area contributed by atoms with Crippen molar-refractivity contribution in [3.05, 3.63) is 28.8 Å². The van der Waals surface area contributed by atoms with E-state index in [0.717, 1.165) is 30.2 Å². The average Bonchev–Trinajstić information content (AvgIpc) is 2.26. The van der Waals surface area contributed by atoms with E-state index in [1.807, 2.05) is 19.1 Å². The number of ether oxygens (including phenoxy) is 1. The van der Waals surface area contributed by atoms with E-state index in [2.05, 4.69) is 24.8 Å². The maximum absolute atomic E-state index is 6.42. The van der Waals surface area contributed by atoms with Crippen LogP contribution in [0.1, 0.15) is 26.3 Å². The molecular formula is C15H23ClN2O. The fourth-order valence-corrected chi connectivity index (χ4v) is 3.10. The van der Waals surface area contributed by atoms with Crippen molar-refractivity contribution in [2.45, 2.75) is 45.4 Å². The highest BCUT2D eigenvalue weighted by Gasteiger charge is 2.25. The van der Waals surface area contributed by atoms with Crippen molar-refractivity contribution in [1.29, 1.82) is 0 Å². The van der Waals surface area contributed by atoms with Crippen LogP contribution in [0.4, 0.5) is 5.69 Å². The molecule has 4 heteroatoms. The molecule has 3 unspecified atom stereocenters. The quantitative estimate of drug-likeness (QED) is 0.926. The molecule has 1 aromatic rings. The maximum Gasteiger partial charge on any atom is 0.0726 e. The second-order valence-corrected chi connectivity index (χ2v) is 6.00. The largest absolute Gasteiger partial charge is 0.372 e. The molecular weight excluding hydrogens is 260 g/mol. The van der Waals surface area contributed by atoms with E-state index in [1.54, 1.807) is 0 Å². The minimum absolute atomic E-state index is 0.133. The smallest absolute Gasteiger partial charge is 0.0726 e. The number of rotatable bonds is 3. The van der Waals surface area contributed by atoms with E-state index in [0.29, 0.717) is 0 Å². The molecule has 0 bridgehead atoms. The lowest BCUT2D eigenvalue weighted by molar-refractivity contribution is -0.00525. The van der Waals surface area contributed by atoms with E-state index in [4.69, 9.17) is 22.1 Å². The first-order valence-electron chi connectivity index (χ1n) is 6.90. The zero-order valence-electron chi connectivity index (χ0n) is 11.9. The summed E-state index contributed by atoms with van der Waals surface area (Å²) in [5.41, 5.74) is 8.30. The molecule has 0 aromatic heterocycles. The molecule has 106 valence electrons. The average molecular weight is 283 g/mol. The first-order chi connectivity index (χ1) is 8.97. The van der Waals surface area contributed by atoms with E-state index in [-0.39, 0.29) is 18.2 Å². The number of benzene rings is 1. The standard InChI is InChI=1S/C15H23ClN2O/c1-10(17)7-13-5-4-6-14(16)15(13)18-8-11(2)19-12(3)9-18/h4-6,10-12H,7-9,17H2,1-3H3. The Kier molecular flexibility index (Phi) is 4.71. The summed E-state index contributed by atoms with van der Waals surface area (Å²) < 4.78 is 5.79. The molecule has 1 aliphatic heterocycles. The SMILES string of the molecule is CC(N)Cc1cccc(Cl)c1N1CC(C)OC(C)C1. The molecule has 1 saturated heterocycles. The zero-order valence-corrected chi connectivity index (χ0v) is 12.7. The molecule has 1 aromatic carbocycles. The summed E-state index contributed by atoms with van der Waals surface area (Å²) >= 11 is 6.42. The van der Waals surface area contributed by atoms with Crippen LogP contribution in [0.2, 0.25) is 5.02 Å². The topological polar surface area (TPSA) is 38.5 Å². The van der Waals surface area contributed by atoms with E-state index < -0.39 is 0 Å². The van der Waals surface area contributed by atoms with Crippen LogP contribution in [0.5, 0.6) is 0 Å². The van der Waals surface area contributed by atoms with E-state index in [1.165, 1.54) is 5.56 Å². The fraction of sp³-hybridized carbons (Fsp3) is 0.600. The number of anilines is 1. The summed E-state index contributed by atoms with van der Waals surface area (Å²) in [6, 6.07) is 6.20. The number of hydrogen-bond acceptors (Lipinski definition) is 3. The van der Waals surface area contributed by atoms with Crippen LogP contribution in [0, 0.1) is 0 Å². The second kappa shape index (κ2) is 6.12. The summed E-state index contributed by atoms with van der Waals surface area (Å²) in [5, 5.41) is 0.805. The van der Waals surface area contributed by atoms with Gasteiger partial charge >= 0.3 is 0 Å². The molecule has 1 fully saturated rings. The Bertz CT molecular complexity index is 426. The van der Waals surface area contributed by atoms with Gasteiger partial charge in [0.2, 0.25) is 0 Å². The number of para-hydroxylation sites is 1. The lowest BCUT2D eigenvalue weighted by Crippen LogP contribution is -2.46. The predicted octanol–water partition coefficient (Wildman–Crippen LogP) is 2.84. The molecule has 0 spiro atoms. The van der Waals surface area contributed by atoms with Gasteiger partial charge in [-0.25, -0.2) is 0 Å². The lowest BCUT2D eigenvalue weighted by atomic mass is 10.0. The van der Waals surface area contributed by atoms with Gasteiger partial charge in [0.15, 0.2) is 0 Å². The van der Waals surface area contributed by atoms with Crippen LogP contribution in [-0.4, -0.2) is 31.3 Å². The van der Waals surface area contributed by atoms with Crippen LogP contribution in [0.3, 0.4) is 0 Å². The molecule has 3 atom stereocenters. The van der Waals surface area contributed by atoms with Crippen LogP contribution in [0.25, 0.3) is 0 Å². The van der Waals surface area contributed by atoms with Crippen molar-refractivity contribution < 1.29 is 4.74 Å². The fourth-order valence-electron chi connectivity index (χ4n) is 2.79. The summed E-state index contributed by atoms with van der Waals surface area (Å²) in [6.07, 6.45) is 1.29. The predicted molar refractivity (Wildman–Crippen MR) is 81.0 cm³/mol. The molecule has 0 saturated carbocycles. The monoisotopic (exact) mass is 282 g/mol. The highest BCUT2D eigenvalue weighted by atomic mass is 35.5. The minimum atomic E-state index is 0.133. The van der Waals surface area contributed by atoms with Gasteiger partial charge in [-0.3, -0.25) is 0 Å². The van der Waals surface area contributed by atoms with E-state index >= 15 is 0 Å². The van der Waals surface area contributed by atoms with Crippen LogP contribution >= 0.6 is 11.6 Å². The van der Waals surface area contributed by atoms with Crippen molar-refractivity contribution in [3.63, 3.8) is 0 Å². The maximum atomic E-state index is 6.42. The van der Waals surface area contributed by atoms with Crippen LogP contribution < -0.4 is 10.6 Å². The van der Waals surface area contributed by atoms with Gasteiger partial charge in [0.05, 0.1) is 22.9 Å². The van der Waals surface area contributed by atoms with Crippen molar-refractivity contribution in [1.82, 2.24) is 0 Å². The molecule has 0 aliphatic carbocycles. The van der Waals surface area contributed by atoms with Gasteiger partial charge in [-0.15, -0.1) is 0 Å². The van der Waals surface area contributed by atoms with Crippen molar-refractivity contribution in [2.75, 3.05) is 18.0 Å². The van der Waals surface area contributed by atoms with Gasteiger partial charge < -0.3 is 15.4 Å². The van der Waals surface area contributed by atoms with Crippen molar-refractivity contribution in [3.8, 4) is 0 Å². The van der Waals surface area contributed by atoms with Crippen molar-refractivity contribution >= 4 is 17.3 Å². The molecule has 19 heavy (non-hydrogen) atoms. The Labute approximate surface area is 120 Å². The summed E-state index contributed by atoms with van der Waals surface area (Å²) in [6.45, 7) is 7.98. The van der Waals surface area contributed by atoms with Gasteiger partial charge in [0.25, 0.3) is 0 Å². The summed E-state index contributed by atoms with van der Waals surface area (Å²) in [5.74, 6) is 0. The first kappa shape index (κ1) is 14.6. The van der Waals surface area contributed by atoms with Crippen molar-refractivity contribution in [2.24, 2.45) is 5.73 Å². The Hall–Kier alpha value is -0.770. The third-order valence-electron chi connectivity index (χ3n) is 3.35. The van der Waals surface area contributed by atoms with Gasteiger partial charge in [-0.1, -0.05) is 23.7 Å². The minimum Gasteiger partial charge on any atom is -0.372 e. The van der Waals surface area contributed by atoms with Gasteiger partial charge in [0, 0.05) is 19.1 Å². The number of halogens is 1. The molecule has 0 amide bonds. The molecule has 3 nitrogen and oxygen atoms in total. The molecule has 2 N–H and O–H groups in total. The Balaban J connectivity index is 2.31. The molecule has 1 aliphatic rings. The number of morpholine rings is 1. The first-order valence-corrected chi connectivity index (χ1v) is 7.28. The second-order valence-electron chi connectivity index (χ2n) is 5.59. The van der Waals surface area contributed by atoms with Gasteiger partial charge in [-0.2, -0.15) is 0 Å². The van der Waals surface area contributed by atoms with Gasteiger partial charge in [0.1, 0.15) is 0 Å². The zero-order chi connectivity index (χ0) is 14.0. The molecule has 0 radical (unpaired) electrons. The third-order valence-corrected chi connectivity index (χ3v) is 3.65. The normalized spacial score (nSPS) is 25.4. The molecule has 1 heterocycles. The highest BCUT2D eigenvalue weighted by Crippen LogP contribution is 2.32. The number of hydrogen-bond donors (Lipinski definition) is 1. The highest BCUT2D eigenvalue weighted by molar-refractivity contribution is 6.33. The summed E-state index contributed by atoms with van der Waals surface area (Å²) in [7, 11) is 0. The number of nitrogens with zero attached hydrogens (tertiary/aromatic N) is 1. The Morgan fingerprint density at radius 2 is 2.00 bits per heavy atom. The Morgan fingerprint density at radius 1 is 1.37 bits per heavy atom. The van der Waals surface area contributed by atoms with E-state index in [9.17, 15) is 0 Å². The van der Waals surface area contributed by atoms with Crippen LogP contribution in [-0.2, 0) is 11.2 Å².